The van der Waals surface area contributed by atoms with Crippen molar-refractivity contribution in [3.63, 3.8) is 0 Å². The molecular formula is C27H48N2O2Si. The number of hydrazone groups is 1. The van der Waals surface area contributed by atoms with E-state index in [9.17, 15) is 0 Å². The third-order valence-electron chi connectivity index (χ3n) is 7.78. The van der Waals surface area contributed by atoms with Crippen molar-refractivity contribution in [3.05, 3.63) is 29.8 Å². The van der Waals surface area contributed by atoms with Crippen molar-refractivity contribution in [1.82, 2.24) is 5.01 Å². The third kappa shape index (κ3) is 7.91. The maximum Gasteiger partial charge on any atom is 0.251 e. The summed E-state index contributed by atoms with van der Waals surface area (Å²) in [5, 5.41) is 7.11. The number of benzene rings is 1. The minimum atomic E-state index is -1.84. The first-order valence-corrected chi connectivity index (χ1v) is 15.6. The zero-order valence-corrected chi connectivity index (χ0v) is 22.8. The summed E-state index contributed by atoms with van der Waals surface area (Å²) in [7, 11) is -0.0594. The molecule has 0 N–H and O–H groups in total. The van der Waals surface area contributed by atoms with Crippen molar-refractivity contribution in [2.24, 2.45) is 11.0 Å². The number of ether oxygens (including phenoxy) is 1. The molecule has 1 aromatic rings. The maximum atomic E-state index is 6.54. The van der Waals surface area contributed by atoms with Crippen LogP contribution in [0.25, 0.3) is 0 Å². The molecule has 1 aromatic carbocycles. The lowest BCUT2D eigenvalue weighted by Crippen LogP contribution is -2.47. The van der Waals surface area contributed by atoms with E-state index in [0.717, 1.165) is 31.7 Å². The van der Waals surface area contributed by atoms with Gasteiger partial charge in [-0.25, -0.2) is 0 Å². The van der Waals surface area contributed by atoms with Crippen LogP contribution in [0.2, 0.25) is 18.1 Å². The van der Waals surface area contributed by atoms with E-state index >= 15 is 0 Å². The minimum absolute atomic E-state index is 0.233. The minimum Gasteiger partial charge on any atom is -0.543 e. The Hall–Kier alpha value is -1.33. The highest BCUT2D eigenvalue weighted by Gasteiger charge is 2.44. The molecule has 1 fully saturated rings. The van der Waals surface area contributed by atoms with E-state index in [4.69, 9.17) is 9.16 Å². The maximum absolute atomic E-state index is 6.54. The molecule has 0 aromatic heterocycles. The van der Waals surface area contributed by atoms with Gasteiger partial charge in [0.15, 0.2) is 0 Å². The molecule has 1 atom stereocenters. The molecular weight excluding hydrogens is 412 g/mol. The average Bonchev–Trinajstić information content (AvgIpc) is 3.18. The summed E-state index contributed by atoms with van der Waals surface area (Å²) in [4.78, 5) is 0. The predicted molar refractivity (Wildman–Crippen MR) is 140 cm³/mol. The second-order valence-electron chi connectivity index (χ2n) is 10.8. The van der Waals surface area contributed by atoms with Crippen molar-refractivity contribution in [3.8, 4) is 5.75 Å². The van der Waals surface area contributed by atoms with Crippen molar-refractivity contribution in [2.75, 3.05) is 20.3 Å². The zero-order valence-electron chi connectivity index (χ0n) is 21.8. The molecule has 1 aliphatic rings. The molecule has 0 spiro atoms. The van der Waals surface area contributed by atoms with Gasteiger partial charge in [0.25, 0.3) is 8.32 Å². The van der Waals surface area contributed by atoms with E-state index < -0.39 is 8.32 Å². The fourth-order valence-electron chi connectivity index (χ4n) is 4.26. The van der Waals surface area contributed by atoms with Crippen LogP contribution in [0.4, 0.5) is 0 Å². The van der Waals surface area contributed by atoms with Gasteiger partial charge in [-0.15, -0.1) is 0 Å². The van der Waals surface area contributed by atoms with Gasteiger partial charge in [-0.1, -0.05) is 52.7 Å². The molecule has 2 rings (SSSR count). The lowest BCUT2D eigenvalue weighted by molar-refractivity contribution is 0.118. The van der Waals surface area contributed by atoms with Crippen LogP contribution in [0.5, 0.6) is 5.75 Å². The van der Waals surface area contributed by atoms with Gasteiger partial charge in [0.1, 0.15) is 5.75 Å². The van der Waals surface area contributed by atoms with Crippen LogP contribution >= 0.6 is 0 Å². The predicted octanol–water partition coefficient (Wildman–Crippen LogP) is 7.30. The Morgan fingerprint density at radius 1 is 1.12 bits per heavy atom. The van der Waals surface area contributed by atoms with Gasteiger partial charge in [0.05, 0.1) is 12.6 Å². The molecule has 4 nitrogen and oxygen atoms in total. The number of hydrogen-bond donors (Lipinski definition) is 0. The van der Waals surface area contributed by atoms with Crippen LogP contribution in [0.3, 0.4) is 0 Å². The summed E-state index contributed by atoms with van der Waals surface area (Å²) < 4.78 is 11.8. The smallest absolute Gasteiger partial charge is 0.251 e. The second-order valence-corrected chi connectivity index (χ2v) is 15.3. The third-order valence-corrected chi connectivity index (χ3v) is 12.2. The monoisotopic (exact) mass is 460 g/mol. The molecule has 32 heavy (non-hydrogen) atoms. The second kappa shape index (κ2) is 12.8. The number of methoxy groups -OCH3 is 1. The van der Waals surface area contributed by atoms with Crippen molar-refractivity contribution in [1.29, 1.82) is 0 Å². The van der Waals surface area contributed by atoms with Gasteiger partial charge in [-0.2, -0.15) is 5.10 Å². The first kappa shape index (κ1) is 26.9. The quantitative estimate of drug-likeness (QED) is 0.166. The molecule has 0 amide bonds. The number of hydrogen-bond acceptors (Lipinski definition) is 4. The van der Waals surface area contributed by atoms with Crippen LogP contribution in [0.1, 0.15) is 78.2 Å². The summed E-state index contributed by atoms with van der Waals surface area (Å²) in [5.74, 6) is 1.65. The summed E-state index contributed by atoms with van der Waals surface area (Å²) in [6.07, 6.45) is 11.8. The normalized spacial score (nSPS) is 17.6. The highest BCUT2D eigenvalue weighted by Crippen LogP contribution is 2.44. The van der Waals surface area contributed by atoms with Gasteiger partial charge in [-0.05, 0) is 80.3 Å². The highest BCUT2D eigenvalue weighted by molar-refractivity contribution is 6.74. The van der Waals surface area contributed by atoms with E-state index in [-0.39, 0.29) is 5.04 Å². The van der Waals surface area contributed by atoms with Crippen LogP contribution in [-0.2, 0) is 11.2 Å². The number of nitrogens with zero attached hydrogens (tertiary/aromatic N) is 2. The Bertz CT molecular complexity index is 685. The fraction of sp³-hybridized carbons (Fsp3) is 0.741. The Kier molecular flexibility index (Phi) is 10.8. The Morgan fingerprint density at radius 2 is 1.81 bits per heavy atom. The zero-order chi connectivity index (χ0) is 23.6. The topological polar surface area (TPSA) is 34.1 Å². The van der Waals surface area contributed by atoms with E-state index in [1.54, 1.807) is 7.11 Å². The van der Waals surface area contributed by atoms with Gasteiger partial charge < -0.3 is 9.16 Å². The van der Waals surface area contributed by atoms with Gasteiger partial charge >= 0.3 is 0 Å². The largest absolute Gasteiger partial charge is 0.543 e. The van der Waals surface area contributed by atoms with Crippen molar-refractivity contribution in [2.45, 2.75) is 103 Å². The molecule has 182 valence electrons. The van der Waals surface area contributed by atoms with E-state index in [1.807, 2.05) is 0 Å². The number of aryl methyl sites for hydroxylation is 1. The first-order chi connectivity index (χ1) is 15.2. The Morgan fingerprint density at radius 3 is 2.47 bits per heavy atom. The Balaban J connectivity index is 1.63. The summed E-state index contributed by atoms with van der Waals surface area (Å²) in [6.45, 7) is 15.9. The molecule has 0 radical (unpaired) electrons. The average molecular weight is 461 g/mol. The van der Waals surface area contributed by atoms with Crippen LogP contribution in [-0.4, -0.2) is 45.8 Å². The van der Waals surface area contributed by atoms with Crippen LogP contribution in [0, 0.1) is 5.92 Å². The SMILES string of the molecule is COCC1CCCN1N=CCCCCCCc1ccc(O[Si](C)(C)C(C)(C)C(C)C)cc1. The molecule has 1 aliphatic heterocycles. The lowest BCUT2D eigenvalue weighted by atomic mass is 9.99. The molecule has 0 aliphatic carbocycles. The molecule has 1 saturated heterocycles. The van der Waals surface area contributed by atoms with Gasteiger partial charge in [0, 0.05) is 19.9 Å². The fourth-order valence-corrected chi connectivity index (χ4v) is 6.64. The molecule has 1 unspecified atom stereocenters. The van der Waals surface area contributed by atoms with Crippen LogP contribution < -0.4 is 4.43 Å². The molecule has 0 bridgehead atoms. The summed E-state index contributed by atoms with van der Waals surface area (Å²) in [6, 6.07) is 9.32. The van der Waals surface area contributed by atoms with Gasteiger partial charge in [-0.3, -0.25) is 5.01 Å². The lowest BCUT2D eigenvalue weighted by Gasteiger charge is -2.42. The number of rotatable bonds is 14. The van der Waals surface area contributed by atoms with E-state index in [0.29, 0.717) is 12.0 Å². The molecule has 5 heteroatoms. The van der Waals surface area contributed by atoms with E-state index in [2.05, 4.69) is 81.4 Å². The molecule has 1 heterocycles. The van der Waals surface area contributed by atoms with Crippen molar-refractivity contribution < 1.29 is 9.16 Å². The summed E-state index contributed by atoms with van der Waals surface area (Å²) >= 11 is 0. The standard InChI is InChI=1S/C27H48N2O2Si/c1-23(2)27(3,4)32(6,7)31-26-18-16-24(17-19-26)14-11-9-8-10-12-20-28-29-21-13-15-25(29)22-30-5/h16-20,23,25H,8-15,21-22H2,1-7H3. The van der Waals surface area contributed by atoms with Gasteiger partial charge in [0.2, 0.25) is 0 Å². The first-order valence-electron chi connectivity index (χ1n) is 12.7. The highest BCUT2D eigenvalue weighted by atomic mass is 28.4. The van der Waals surface area contributed by atoms with Crippen molar-refractivity contribution >= 4 is 14.5 Å². The Labute approximate surface area is 198 Å². The van der Waals surface area contributed by atoms with Crippen LogP contribution in [0.15, 0.2) is 29.4 Å². The molecule has 0 saturated carbocycles. The summed E-state index contributed by atoms with van der Waals surface area (Å²) in [5.41, 5.74) is 1.42. The number of unbranched alkanes of at least 4 members (excludes halogenated alkanes) is 4. The van der Waals surface area contributed by atoms with E-state index in [1.165, 1.54) is 44.1 Å².